The van der Waals surface area contributed by atoms with E-state index in [1.807, 2.05) is 6.92 Å². The molecule has 1 aliphatic heterocycles. The van der Waals surface area contributed by atoms with E-state index in [0.29, 0.717) is 19.6 Å². The maximum atomic E-state index is 13.9. The molecule has 0 spiro atoms. The summed E-state index contributed by atoms with van der Waals surface area (Å²) in [5, 5.41) is 3.39. The van der Waals surface area contributed by atoms with Gasteiger partial charge >= 0.3 is 0 Å². The van der Waals surface area contributed by atoms with E-state index in [1.165, 1.54) is 16.4 Å². The van der Waals surface area contributed by atoms with Gasteiger partial charge in [0.25, 0.3) is 0 Å². The number of nitrogens with one attached hydrogen (secondary N) is 1. The summed E-state index contributed by atoms with van der Waals surface area (Å²) in [6.07, 6.45) is 1.62. The quantitative estimate of drug-likeness (QED) is 0.901. The molecule has 1 fully saturated rings. The molecule has 8 heteroatoms. The van der Waals surface area contributed by atoms with Crippen molar-refractivity contribution in [2.75, 3.05) is 19.6 Å². The van der Waals surface area contributed by atoms with Crippen LogP contribution in [0.1, 0.15) is 19.8 Å². The number of hydrogen-bond acceptors (Lipinski definition) is 3. The zero-order chi connectivity index (χ0) is 14.8. The van der Waals surface area contributed by atoms with E-state index in [-0.39, 0.29) is 28.4 Å². The van der Waals surface area contributed by atoms with Crippen LogP contribution in [-0.2, 0) is 10.0 Å². The Morgan fingerprint density at radius 2 is 2.19 bits per heavy atom. The van der Waals surface area contributed by atoms with Gasteiger partial charge in [0, 0.05) is 30.7 Å². The molecular weight excluding hydrogens is 338 g/mol. The lowest BCUT2D eigenvalue weighted by atomic mass is 10.1. The molecule has 1 N–H and O–H groups in total. The average molecular weight is 357 g/mol. The third-order valence-corrected chi connectivity index (χ3v) is 5.60. The molecule has 2 rings (SSSR count). The molecule has 0 aliphatic carbocycles. The highest BCUT2D eigenvalue weighted by atomic mass is 35.5. The number of rotatable bonds is 4. The van der Waals surface area contributed by atoms with Gasteiger partial charge in [0.15, 0.2) is 0 Å². The van der Waals surface area contributed by atoms with E-state index in [4.69, 9.17) is 11.6 Å². The van der Waals surface area contributed by atoms with E-state index >= 15 is 0 Å². The van der Waals surface area contributed by atoms with Gasteiger partial charge in [-0.3, -0.25) is 0 Å². The smallest absolute Gasteiger partial charge is 0.246 e. The highest BCUT2D eigenvalue weighted by Gasteiger charge is 2.34. The summed E-state index contributed by atoms with van der Waals surface area (Å²) in [6.45, 7) is 3.51. The number of halogens is 3. The monoisotopic (exact) mass is 356 g/mol. The Morgan fingerprint density at radius 1 is 1.48 bits per heavy atom. The molecule has 1 aromatic carbocycles. The summed E-state index contributed by atoms with van der Waals surface area (Å²) in [4.78, 5) is -0.340. The highest BCUT2D eigenvalue weighted by Crippen LogP contribution is 2.26. The first-order valence-corrected chi connectivity index (χ1v) is 8.46. The van der Waals surface area contributed by atoms with Crippen molar-refractivity contribution in [1.29, 1.82) is 0 Å². The molecule has 120 valence electrons. The molecule has 0 saturated carbocycles. The van der Waals surface area contributed by atoms with Crippen LogP contribution >= 0.6 is 24.0 Å². The van der Waals surface area contributed by atoms with Gasteiger partial charge in [0.2, 0.25) is 10.0 Å². The minimum atomic E-state index is -3.85. The molecule has 4 nitrogen and oxygen atoms in total. The van der Waals surface area contributed by atoms with Crippen LogP contribution in [0.15, 0.2) is 23.1 Å². The molecule has 1 unspecified atom stereocenters. The average Bonchev–Trinajstić information content (AvgIpc) is 2.42. The number of sulfonamides is 1. The second-order valence-corrected chi connectivity index (χ2v) is 7.13. The Morgan fingerprint density at radius 3 is 2.86 bits per heavy atom. The molecular formula is C13H19Cl2FN2O2S. The topological polar surface area (TPSA) is 49.4 Å². The van der Waals surface area contributed by atoms with Crippen molar-refractivity contribution < 1.29 is 12.8 Å². The van der Waals surface area contributed by atoms with Crippen LogP contribution < -0.4 is 5.32 Å². The second kappa shape index (κ2) is 7.74. The Balaban J connectivity index is 0.00000220. The van der Waals surface area contributed by atoms with Gasteiger partial charge in [-0.2, -0.15) is 4.31 Å². The highest BCUT2D eigenvalue weighted by molar-refractivity contribution is 7.89. The zero-order valence-corrected chi connectivity index (χ0v) is 14.1. The van der Waals surface area contributed by atoms with Crippen molar-refractivity contribution in [3.63, 3.8) is 0 Å². The molecule has 1 saturated heterocycles. The van der Waals surface area contributed by atoms with Gasteiger partial charge in [0.05, 0.1) is 0 Å². The summed E-state index contributed by atoms with van der Waals surface area (Å²) < 4.78 is 40.5. The van der Waals surface area contributed by atoms with E-state index in [1.54, 1.807) is 0 Å². The van der Waals surface area contributed by atoms with Crippen molar-refractivity contribution in [2.45, 2.75) is 30.7 Å². The van der Waals surface area contributed by atoms with Crippen LogP contribution in [0, 0.1) is 5.82 Å². The van der Waals surface area contributed by atoms with E-state index in [9.17, 15) is 12.8 Å². The number of hydrogen-bond donors (Lipinski definition) is 1. The van der Waals surface area contributed by atoms with Crippen molar-refractivity contribution >= 4 is 34.0 Å². The molecule has 21 heavy (non-hydrogen) atoms. The fourth-order valence-electron chi connectivity index (χ4n) is 2.44. The predicted octanol–water partition coefficient (Wildman–Crippen LogP) is 2.66. The van der Waals surface area contributed by atoms with E-state index in [2.05, 4.69) is 5.32 Å². The molecule has 1 atom stereocenters. The lowest BCUT2D eigenvalue weighted by Crippen LogP contribution is -2.53. The Hall–Kier alpha value is -0.400. The number of benzene rings is 1. The lowest BCUT2D eigenvalue weighted by molar-refractivity contribution is 0.253. The SMILES string of the molecule is CCCC1CNCCN1S(=O)(=O)c1cc(Cl)ccc1F.Cl. The fourth-order valence-corrected chi connectivity index (χ4v) is 4.42. The van der Waals surface area contributed by atoms with Gasteiger partial charge in [-0.1, -0.05) is 24.9 Å². The lowest BCUT2D eigenvalue weighted by Gasteiger charge is -2.35. The summed E-state index contributed by atoms with van der Waals surface area (Å²) in [6, 6.07) is 3.47. The molecule has 1 aliphatic rings. The Bertz CT molecular complexity index is 582. The maximum Gasteiger partial charge on any atom is 0.246 e. The van der Waals surface area contributed by atoms with Crippen molar-refractivity contribution in [2.24, 2.45) is 0 Å². The van der Waals surface area contributed by atoms with Crippen LogP contribution in [0.25, 0.3) is 0 Å². The van der Waals surface area contributed by atoms with E-state index < -0.39 is 15.8 Å². The third-order valence-electron chi connectivity index (χ3n) is 3.40. The van der Waals surface area contributed by atoms with E-state index in [0.717, 1.165) is 18.9 Å². The maximum absolute atomic E-state index is 13.9. The first kappa shape index (κ1) is 18.6. The fraction of sp³-hybridized carbons (Fsp3) is 0.538. The van der Waals surface area contributed by atoms with Gasteiger partial charge in [-0.05, 0) is 24.6 Å². The standard InChI is InChI=1S/C13H18ClFN2O2S.ClH/c1-2-3-11-9-16-6-7-17(11)20(18,19)13-8-10(14)4-5-12(13)15;/h4-5,8,11,16H,2-3,6-7,9H2,1H3;1H. The predicted molar refractivity (Wildman–Crippen MR) is 84.1 cm³/mol. The largest absolute Gasteiger partial charge is 0.314 e. The minimum absolute atomic E-state index is 0. The molecule has 0 bridgehead atoms. The summed E-state index contributed by atoms with van der Waals surface area (Å²) in [7, 11) is -3.85. The van der Waals surface area contributed by atoms with Gasteiger partial charge in [-0.25, -0.2) is 12.8 Å². The first-order valence-electron chi connectivity index (χ1n) is 6.64. The molecule has 0 aromatic heterocycles. The van der Waals surface area contributed by atoms with Gasteiger partial charge in [0.1, 0.15) is 10.7 Å². The minimum Gasteiger partial charge on any atom is -0.314 e. The number of piperazine rings is 1. The van der Waals surface area contributed by atoms with Crippen LogP contribution in [0.5, 0.6) is 0 Å². The Kier molecular flexibility index (Phi) is 6.87. The van der Waals surface area contributed by atoms with Crippen molar-refractivity contribution in [3.8, 4) is 0 Å². The summed E-state index contributed by atoms with van der Waals surface area (Å²) in [5.74, 6) is -0.761. The normalized spacial score (nSPS) is 20.0. The molecule has 1 aromatic rings. The molecule has 0 amide bonds. The third kappa shape index (κ3) is 4.07. The van der Waals surface area contributed by atoms with Crippen LogP contribution in [0.4, 0.5) is 4.39 Å². The summed E-state index contributed by atoms with van der Waals surface area (Å²) >= 11 is 5.80. The molecule has 0 radical (unpaired) electrons. The molecule has 1 heterocycles. The van der Waals surface area contributed by atoms with Crippen LogP contribution in [0.2, 0.25) is 5.02 Å². The van der Waals surface area contributed by atoms with Gasteiger partial charge < -0.3 is 5.32 Å². The van der Waals surface area contributed by atoms with Crippen molar-refractivity contribution in [3.05, 3.63) is 29.0 Å². The Labute approximate surface area is 136 Å². The number of nitrogens with zero attached hydrogens (tertiary/aromatic N) is 1. The first-order chi connectivity index (χ1) is 9.46. The van der Waals surface area contributed by atoms with Crippen LogP contribution in [-0.4, -0.2) is 38.4 Å². The second-order valence-electron chi connectivity index (χ2n) is 4.84. The summed E-state index contributed by atoms with van der Waals surface area (Å²) in [5.41, 5.74) is 0. The van der Waals surface area contributed by atoms with Gasteiger partial charge in [-0.15, -0.1) is 12.4 Å². The zero-order valence-electron chi connectivity index (χ0n) is 11.7. The van der Waals surface area contributed by atoms with Crippen molar-refractivity contribution in [1.82, 2.24) is 9.62 Å². The van der Waals surface area contributed by atoms with Crippen LogP contribution in [0.3, 0.4) is 0 Å².